The zero-order valence-corrected chi connectivity index (χ0v) is 18.7. The summed E-state index contributed by atoms with van der Waals surface area (Å²) in [5.41, 5.74) is 0.541. The molecule has 158 valence electrons. The molecule has 0 unspecified atom stereocenters. The van der Waals surface area contributed by atoms with Crippen molar-refractivity contribution in [2.24, 2.45) is 0 Å². The number of carbonyl (C=O) groups excluding carboxylic acids is 1. The molecule has 0 spiro atoms. The minimum atomic E-state index is -0.407. The van der Waals surface area contributed by atoms with E-state index in [-0.39, 0.29) is 6.15 Å². The van der Waals surface area contributed by atoms with Crippen LogP contribution in [0.15, 0.2) is 30.3 Å². The van der Waals surface area contributed by atoms with Crippen LogP contribution in [0.1, 0.15) is 121 Å². The zero-order valence-electron chi connectivity index (χ0n) is 18.0. The number of benzene rings is 1. The van der Waals surface area contributed by atoms with E-state index in [1.807, 2.05) is 6.07 Å². The summed E-state index contributed by atoms with van der Waals surface area (Å²) in [7, 11) is 0. The minimum Gasteiger partial charge on any atom is -0.344 e. The molecule has 3 heteroatoms. The topological polar surface area (TPSA) is 52.1 Å². The van der Waals surface area contributed by atoms with E-state index in [0.29, 0.717) is 5.56 Å². The van der Waals surface area contributed by atoms with Crippen LogP contribution in [-0.4, -0.2) is 5.24 Å². The van der Waals surface area contributed by atoms with Crippen molar-refractivity contribution in [3.05, 3.63) is 35.9 Å². The van der Waals surface area contributed by atoms with E-state index in [4.69, 9.17) is 11.6 Å². The van der Waals surface area contributed by atoms with Crippen LogP contribution in [0.3, 0.4) is 0 Å². The Bertz CT molecular complexity index is 394. The van der Waals surface area contributed by atoms with Gasteiger partial charge in [0.25, 0.3) is 5.24 Å². The van der Waals surface area contributed by atoms with Gasteiger partial charge in [0.15, 0.2) is 0 Å². The highest BCUT2D eigenvalue weighted by molar-refractivity contribution is 6.67. The molecular weight excluding hydrogens is 354 g/mol. The molecule has 0 aromatic heterocycles. The third-order valence-corrected chi connectivity index (χ3v) is 4.93. The Morgan fingerprint density at radius 3 is 1.15 bits per heavy atom. The lowest BCUT2D eigenvalue weighted by Crippen LogP contribution is -1.84. The lowest BCUT2D eigenvalue weighted by molar-refractivity contribution is 0.108. The monoisotopic (exact) mass is 397 g/mol. The van der Waals surface area contributed by atoms with E-state index < -0.39 is 5.24 Å². The fraction of sp³-hybridized carbons (Fsp3) is 0.708. The SMILES string of the molecule is CCCCCCCCCCCCCCCCC.N.O=C(Cl)c1ccccc1. The van der Waals surface area contributed by atoms with Crippen molar-refractivity contribution in [2.75, 3.05) is 0 Å². The molecule has 2 nitrogen and oxygen atoms in total. The summed E-state index contributed by atoms with van der Waals surface area (Å²) in [6.45, 7) is 4.58. The minimum absolute atomic E-state index is 0. The largest absolute Gasteiger partial charge is 0.344 e. The molecule has 0 radical (unpaired) electrons. The fourth-order valence-electron chi connectivity index (χ4n) is 3.01. The molecule has 0 aliphatic carbocycles. The van der Waals surface area contributed by atoms with E-state index in [2.05, 4.69) is 13.8 Å². The first-order chi connectivity index (χ1) is 12.7. The van der Waals surface area contributed by atoms with E-state index in [9.17, 15) is 4.79 Å². The first-order valence-electron chi connectivity index (χ1n) is 11.0. The lowest BCUT2D eigenvalue weighted by atomic mass is 10.0. The number of hydrogen-bond acceptors (Lipinski definition) is 2. The molecule has 0 heterocycles. The van der Waals surface area contributed by atoms with Crippen LogP contribution in [0.25, 0.3) is 0 Å². The van der Waals surface area contributed by atoms with Gasteiger partial charge >= 0.3 is 0 Å². The van der Waals surface area contributed by atoms with Crippen molar-refractivity contribution >= 4 is 16.8 Å². The van der Waals surface area contributed by atoms with Gasteiger partial charge in [0.2, 0.25) is 0 Å². The van der Waals surface area contributed by atoms with Gasteiger partial charge in [0, 0.05) is 5.56 Å². The Labute approximate surface area is 174 Å². The Balaban J connectivity index is 0. The smallest absolute Gasteiger partial charge is 0.252 e. The van der Waals surface area contributed by atoms with Gasteiger partial charge in [-0.3, -0.25) is 4.79 Å². The summed E-state index contributed by atoms with van der Waals surface area (Å²) in [6.07, 6.45) is 21.9. The Morgan fingerprint density at radius 2 is 0.926 bits per heavy atom. The number of rotatable bonds is 15. The van der Waals surface area contributed by atoms with E-state index >= 15 is 0 Å². The van der Waals surface area contributed by atoms with Crippen LogP contribution in [0, 0.1) is 0 Å². The predicted molar refractivity (Wildman–Crippen MR) is 122 cm³/mol. The van der Waals surface area contributed by atoms with Crippen LogP contribution in [0.2, 0.25) is 0 Å². The summed E-state index contributed by atoms with van der Waals surface area (Å²) in [5.74, 6) is 0. The fourth-order valence-corrected chi connectivity index (χ4v) is 3.14. The quantitative estimate of drug-likeness (QED) is 0.237. The average Bonchev–Trinajstić information content (AvgIpc) is 2.67. The second-order valence-corrected chi connectivity index (χ2v) is 7.58. The molecule has 1 aromatic carbocycles. The van der Waals surface area contributed by atoms with Gasteiger partial charge in [0.1, 0.15) is 0 Å². The maximum atomic E-state index is 10.4. The molecule has 0 aliphatic heterocycles. The first-order valence-corrected chi connectivity index (χ1v) is 11.3. The molecule has 0 saturated heterocycles. The van der Waals surface area contributed by atoms with Crippen LogP contribution in [0.4, 0.5) is 0 Å². The molecule has 1 rings (SSSR count). The van der Waals surface area contributed by atoms with Gasteiger partial charge in [-0.25, -0.2) is 0 Å². The second kappa shape index (κ2) is 23.2. The van der Waals surface area contributed by atoms with Crippen molar-refractivity contribution < 1.29 is 4.79 Å². The Morgan fingerprint density at radius 1 is 0.630 bits per heavy atom. The van der Waals surface area contributed by atoms with E-state index in [1.165, 1.54) is 96.3 Å². The molecular formula is C24H44ClNO. The lowest BCUT2D eigenvalue weighted by Gasteiger charge is -2.02. The Kier molecular flexibility index (Phi) is 24.3. The third kappa shape index (κ3) is 21.3. The summed E-state index contributed by atoms with van der Waals surface area (Å²) >= 11 is 5.16. The van der Waals surface area contributed by atoms with Crippen LogP contribution >= 0.6 is 11.6 Å². The molecule has 3 N–H and O–H groups in total. The molecule has 0 fully saturated rings. The highest BCUT2D eigenvalue weighted by Gasteiger charge is 1.96. The van der Waals surface area contributed by atoms with Crippen molar-refractivity contribution in [2.45, 2.75) is 110 Å². The van der Waals surface area contributed by atoms with Crippen molar-refractivity contribution in [3.8, 4) is 0 Å². The van der Waals surface area contributed by atoms with E-state index in [0.717, 1.165) is 0 Å². The predicted octanol–water partition coefficient (Wildman–Crippen LogP) is 9.11. The van der Waals surface area contributed by atoms with Gasteiger partial charge in [-0.1, -0.05) is 140 Å². The van der Waals surface area contributed by atoms with Crippen molar-refractivity contribution in [1.82, 2.24) is 6.15 Å². The molecule has 0 bridgehead atoms. The van der Waals surface area contributed by atoms with Gasteiger partial charge in [0.05, 0.1) is 0 Å². The Hall–Kier alpha value is -0.860. The summed E-state index contributed by atoms with van der Waals surface area (Å²) in [6, 6.07) is 8.74. The van der Waals surface area contributed by atoms with Gasteiger partial charge in [-0.15, -0.1) is 0 Å². The van der Waals surface area contributed by atoms with Crippen LogP contribution < -0.4 is 6.15 Å². The van der Waals surface area contributed by atoms with Crippen molar-refractivity contribution in [3.63, 3.8) is 0 Å². The maximum absolute atomic E-state index is 10.4. The molecule has 0 saturated carbocycles. The molecule has 0 amide bonds. The summed E-state index contributed by atoms with van der Waals surface area (Å²) in [4.78, 5) is 10.4. The number of halogens is 1. The molecule has 0 atom stereocenters. The van der Waals surface area contributed by atoms with Crippen LogP contribution in [-0.2, 0) is 0 Å². The molecule has 1 aromatic rings. The summed E-state index contributed by atoms with van der Waals surface area (Å²) in [5, 5.41) is -0.407. The zero-order chi connectivity index (χ0) is 19.3. The third-order valence-electron chi connectivity index (χ3n) is 4.71. The number of unbranched alkanes of at least 4 members (excludes halogenated alkanes) is 14. The number of hydrogen-bond donors (Lipinski definition) is 1. The molecule has 0 aliphatic rings. The van der Waals surface area contributed by atoms with Crippen molar-refractivity contribution in [1.29, 1.82) is 0 Å². The highest BCUT2D eigenvalue weighted by Crippen LogP contribution is 2.13. The van der Waals surface area contributed by atoms with E-state index in [1.54, 1.807) is 24.3 Å². The summed E-state index contributed by atoms with van der Waals surface area (Å²) < 4.78 is 0. The average molecular weight is 398 g/mol. The van der Waals surface area contributed by atoms with Gasteiger partial charge < -0.3 is 6.15 Å². The number of carbonyl (C=O) groups is 1. The normalized spacial score (nSPS) is 9.89. The standard InChI is InChI=1S/C17H36.C7H5ClO.H3N/c1-3-5-7-9-11-13-15-17-16-14-12-10-8-6-4-2;8-7(9)6-4-2-1-3-5-6;/h3-17H2,1-2H3;1-5H;1H3. The maximum Gasteiger partial charge on any atom is 0.252 e. The molecule has 27 heavy (non-hydrogen) atoms. The highest BCUT2D eigenvalue weighted by atomic mass is 35.5. The first kappa shape index (κ1) is 28.4. The second-order valence-electron chi connectivity index (χ2n) is 7.24. The van der Waals surface area contributed by atoms with Crippen LogP contribution in [0.5, 0.6) is 0 Å². The van der Waals surface area contributed by atoms with Gasteiger partial charge in [-0.05, 0) is 11.6 Å². The van der Waals surface area contributed by atoms with Gasteiger partial charge in [-0.2, -0.15) is 0 Å².